The Bertz CT molecular complexity index is 756. The highest BCUT2D eigenvalue weighted by Crippen LogP contribution is 2.43. The maximum atomic E-state index is 12.7. The van der Waals surface area contributed by atoms with Gasteiger partial charge in [0.1, 0.15) is 5.78 Å². The van der Waals surface area contributed by atoms with Crippen LogP contribution in [0.2, 0.25) is 0 Å². The van der Waals surface area contributed by atoms with E-state index >= 15 is 0 Å². The zero-order chi connectivity index (χ0) is 18.1. The Balaban J connectivity index is 2.13. The van der Waals surface area contributed by atoms with Crippen LogP contribution in [0.15, 0.2) is 47.3 Å². The fraction of sp³-hybridized carbons (Fsp3) is 0.429. The summed E-state index contributed by atoms with van der Waals surface area (Å²) in [4.78, 5) is 25.2. The van der Waals surface area contributed by atoms with E-state index in [1.165, 1.54) is 12.7 Å². The molecule has 0 saturated heterocycles. The first-order valence-electron chi connectivity index (χ1n) is 8.82. The number of rotatable bonds is 3. The van der Waals surface area contributed by atoms with E-state index in [2.05, 4.69) is 37.4 Å². The lowest BCUT2D eigenvalue weighted by Crippen LogP contribution is -2.40. The van der Waals surface area contributed by atoms with E-state index < -0.39 is 0 Å². The summed E-state index contributed by atoms with van der Waals surface area (Å²) in [5.74, 6) is -0.395. The molecular weight excluding hydrogens is 314 g/mol. The second kappa shape index (κ2) is 6.87. The predicted octanol–water partition coefficient (Wildman–Crippen LogP) is 3.81. The van der Waals surface area contributed by atoms with Crippen molar-refractivity contribution in [3.8, 4) is 0 Å². The summed E-state index contributed by atoms with van der Waals surface area (Å²) in [7, 11) is 1.38. The van der Waals surface area contributed by atoms with Gasteiger partial charge in [0.15, 0.2) is 0 Å². The van der Waals surface area contributed by atoms with E-state index in [0.29, 0.717) is 17.9 Å². The Kier molecular flexibility index (Phi) is 4.80. The first-order chi connectivity index (χ1) is 11.9. The number of allylic oxidation sites excluding steroid dienone is 3. The number of Topliss-reactive ketones (excluding diaryl/α,β-unsaturated/α-hetero) is 1. The fourth-order valence-electron chi connectivity index (χ4n) is 3.84. The van der Waals surface area contributed by atoms with E-state index in [1.807, 2.05) is 19.1 Å². The number of methoxy groups -OCH3 is 1. The summed E-state index contributed by atoms with van der Waals surface area (Å²) in [5.41, 5.74) is 4.46. The van der Waals surface area contributed by atoms with E-state index in [-0.39, 0.29) is 23.6 Å². The lowest BCUT2D eigenvalue weighted by molar-refractivity contribution is -0.136. The molecule has 2 atom stereocenters. The number of ether oxygens (including phenoxy) is 1. The molecule has 3 rings (SSSR count). The molecule has 0 spiro atoms. The average Bonchev–Trinajstić information content (AvgIpc) is 2.60. The topological polar surface area (TPSA) is 55.4 Å². The highest BCUT2D eigenvalue weighted by molar-refractivity contribution is 5.96. The van der Waals surface area contributed by atoms with Crippen molar-refractivity contribution >= 4 is 11.8 Å². The summed E-state index contributed by atoms with van der Waals surface area (Å²) < 4.78 is 5.02. The van der Waals surface area contributed by atoms with Gasteiger partial charge in [0, 0.05) is 23.7 Å². The molecule has 4 heteroatoms. The first kappa shape index (κ1) is 17.5. The van der Waals surface area contributed by atoms with Crippen LogP contribution in [0.25, 0.3) is 0 Å². The molecule has 0 amide bonds. The summed E-state index contributed by atoms with van der Waals surface area (Å²) >= 11 is 0. The number of benzene rings is 1. The summed E-state index contributed by atoms with van der Waals surface area (Å²) in [6, 6.07) is 8.26. The number of esters is 1. The standard InChI is InChI=1S/C21H25NO3/c1-12(2)14-8-10-15(11-9-14)19-18(21(24)25-4)13(3)22-16-6-5-7-17(23)20(16)19/h6,8-12,19-20,22H,5,7H2,1-4H3. The Morgan fingerprint density at radius 2 is 1.88 bits per heavy atom. The van der Waals surface area contributed by atoms with Crippen molar-refractivity contribution in [2.75, 3.05) is 7.11 Å². The van der Waals surface area contributed by atoms with Crippen LogP contribution in [0.4, 0.5) is 0 Å². The molecule has 0 radical (unpaired) electrons. The first-order valence-corrected chi connectivity index (χ1v) is 8.82. The third-order valence-electron chi connectivity index (χ3n) is 5.18. The number of carbonyl (C=O) groups is 2. The average molecular weight is 339 g/mol. The lowest BCUT2D eigenvalue weighted by Gasteiger charge is -2.37. The fourth-order valence-corrected chi connectivity index (χ4v) is 3.84. The molecule has 0 fully saturated rings. The number of hydrogen-bond acceptors (Lipinski definition) is 4. The van der Waals surface area contributed by atoms with Gasteiger partial charge in [-0.2, -0.15) is 0 Å². The van der Waals surface area contributed by atoms with Crippen molar-refractivity contribution in [1.29, 1.82) is 0 Å². The highest BCUT2D eigenvalue weighted by Gasteiger charge is 2.43. The number of carbonyl (C=O) groups excluding carboxylic acids is 2. The second-order valence-corrected chi connectivity index (χ2v) is 7.10. The highest BCUT2D eigenvalue weighted by atomic mass is 16.5. The number of fused-ring (bicyclic) bond motifs is 1. The van der Waals surface area contributed by atoms with Crippen LogP contribution in [0.3, 0.4) is 0 Å². The number of ketones is 1. The monoisotopic (exact) mass is 339 g/mol. The maximum absolute atomic E-state index is 12.7. The van der Waals surface area contributed by atoms with E-state index in [9.17, 15) is 9.59 Å². The Morgan fingerprint density at radius 1 is 1.20 bits per heavy atom. The van der Waals surface area contributed by atoms with Crippen LogP contribution in [0.5, 0.6) is 0 Å². The summed E-state index contributed by atoms with van der Waals surface area (Å²) in [5, 5.41) is 3.26. The molecule has 25 heavy (non-hydrogen) atoms. The van der Waals surface area contributed by atoms with Crippen molar-refractivity contribution in [2.24, 2.45) is 5.92 Å². The molecule has 0 bridgehead atoms. The van der Waals surface area contributed by atoms with Crippen LogP contribution >= 0.6 is 0 Å². The summed E-state index contributed by atoms with van der Waals surface area (Å²) in [6.07, 6.45) is 3.35. The third-order valence-corrected chi connectivity index (χ3v) is 5.18. The minimum atomic E-state index is -0.375. The van der Waals surface area contributed by atoms with Crippen LogP contribution in [-0.2, 0) is 14.3 Å². The minimum Gasteiger partial charge on any atom is -0.466 e. The van der Waals surface area contributed by atoms with Crippen molar-refractivity contribution in [2.45, 2.75) is 45.4 Å². The molecule has 0 saturated carbocycles. The molecule has 0 aromatic heterocycles. The van der Waals surface area contributed by atoms with Gasteiger partial charge in [0.05, 0.1) is 18.6 Å². The molecule has 1 aromatic rings. The van der Waals surface area contributed by atoms with Crippen molar-refractivity contribution in [3.63, 3.8) is 0 Å². The minimum absolute atomic E-state index is 0.178. The zero-order valence-electron chi connectivity index (χ0n) is 15.3. The van der Waals surface area contributed by atoms with Gasteiger partial charge in [-0.3, -0.25) is 4.79 Å². The molecule has 2 aliphatic rings. The van der Waals surface area contributed by atoms with E-state index in [1.54, 1.807) is 0 Å². The van der Waals surface area contributed by atoms with Crippen LogP contribution < -0.4 is 5.32 Å². The molecule has 4 nitrogen and oxygen atoms in total. The van der Waals surface area contributed by atoms with E-state index in [0.717, 1.165) is 23.4 Å². The van der Waals surface area contributed by atoms with Gasteiger partial charge in [0.2, 0.25) is 0 Å². The molecule has 1 N–H and O–H groups in total. The van der Waals surface area contributed by atoms with Gasteiger partial charge < -0.3 is 10.1 Å². The zero-order valence-corrected chi connectivity index (χ0v) is 15.3. The largest absolute Gasteiger partial charge is 0.466 e. The smallest absolute Gasteiger partial charge is 0.336 e. The van der Waals surface area contributed by atoms with Gasteiger partial charge in [0.25, 0.3) is 0 Å². The van der Waals surface area contributed by atoms with Crippen LogP contribution in [-0.4, -0.2) is 18.9 Å². The molecule has 132 valence electrons. The van der Waals surface area contributed by atoms with Gasteiger partial charge >= 0.3 is 5.97 Å². The third kappa shape index (κ3) is 3.13. The van der Waals surface area contributed by atoms with Crippen molar-refractivity contribution in [1.82, 2.24) is 5.32 Å². The van der Waals surface area contributed by atoms with Crippen molar-refractivity contribution in [3.05, 3.63) is 58.4 Å². The quantitative estimate of drug-likeness (QED) is 0.851. The molecular formula is C21H25NO3. The lowest BCUT2D eigenvalue weighted by atomic mass is 9.71. The van der Waals surface area contributed by atoms with Crippen LogP contribution in [0.1, 0.15) is 56.6 Å². The molecule has 1 heterocycles. The molecule has 1 aromatic carbocycles. The van der Waals surface area contributed by atoms with Gasteiger partial charge in [-0.25, -0.2) is 4.79 Å². The Morgan fingerprint density at radius 3 is 2.48 bits per heavy atom. The predicted molar refractivity (Wildman–Crippen MR) is 96.9 cm³/mol. The Hall–Kier alpha value is -2.36. The number of nitrogens with one attached hydrogen (secondary N) is 1. The van der Waals surface area contributed by atoms with E-state index in [4.69, 9.17) is 4.74 Å². The summed E-state index contributed by atoms with van der Waals surface area (Å²) in [6.45, 7) is 6.17. The second-order valence-electron chi connectivity index (χ2n) is 7.10. The maximum Gasteiger partial charge on any atom is 0.336 e. The molecule has 1 aliphatic carbocycles. The van der Waals surface area contributed by atoms with Crippen LogP contribution in [0, 0.1) is 5.92 Å². The SMILES string of the molecule is COC(=O)C1=C(C)NC2=CCCC(=O)C2C1c1ccc(C(C)C)cc1. The van der Waals surface area contributed by atoms with Crippen molar-refractivity contribution < 1.29 is 14.3 Å². The van der Waals surface area contributed by atoms with Gasteiger partial charge in [-0.15, -0.1) is 0 Å². The molecule has 2 unspecified atom stereocenters. The van der Waals surface area contributed by atoms with Gasteiger partial charge in [-0.05, 0) is 30.4 Å². The normalized spacial score (nSPS) is 23.1. The Labute approximate surface area is 149 Å². The number of hydrogen-bond donors (Lipinski definition) is 1. The van der Waals surface area contributed by atoms with Gasteiger partial charge in [-0.1, -0.05) is 44.2 Å². The molecule has 1 aliphatic heterocycles.